The van der Waals surface area contributed by atoms with Crippen molar-refractivity contribution < 1.29 is 14.7 Å². The molecule has 1 fully saturated rings. The fourth-order valence-corrected chi connectivity index (χ4v) is 2.59. The van der Waals surface area contributed by atoms with Gasteiger partial charge in [0.2, 0.25) is 0 Å². The minimum atomic E-state index is -0.811. The number of thioether (sulfide) groups is 1. The van der Waals surface area contributed by atoms with Gasteiger partial charge in [-0.05, 0) is 6.42 Å². The maximum atomic E-state index is 11.8. The molecule has 1 atom stereocenters. The Balaban J connectivity index is 2.20. The van der Waals surface area contributed by atoms with Crippen molar-refractivity contribution in [1.82, 2.24) is 10.2 Å². The summed E-state index contributed by atoms with van der Waals surface area (Å²) < 4.78 is 0.201. The van der Waals surface area contributed by atoms with E-state index in [-0.39, 0.29) is 10.8 Å². The summed E-state index contributed by atoms with van der Waals surface area (Å²) >= 11 is 1.80. The summed E-state index contributed by atoms with van der Waals surface area (Å²) in [6, 6.07) is -0.145. The number of aliphatic carboxylic acids is 1. The summed E-state index contributed by atoms with van der Waals surface area (Å²) in [7, 11) is 0. The number of likely N-dealkylation sites (tertiary alicyclic amines) is 1. The average Bonchev–Trinajstić information content (AvgIpc) is 2.72. The zero-order chi connectivity index (χ0) is 13.8. The number of carbonyl (C=O) groups is 2. The molecule has 1 aliphatic rings. The van der Waals surface area contributed by atoms with E-state index >= 15 is 0 Å². The van der Waals surface area contributed by atoms with Crippen LogP contribution in [0.5, 0.6) is 0 Å². The number of nitrogens with zero attached hydrogens (tertiary/aromatic N) is 1. The normalized spacial score (nSPS) is 19.9. The first-order valence-corrected chi connectivity index (χ1v) is 7.18. The number of carboxylic acid groups (broad SMARTS) is 1. The SMILES string of the molecule is CC(C)(C)SCCNC(=O)N1CCC(C(=O)O)C1. The van der Waals surface area contributed by atoms with E-state index < -0.39 is 11.9 Å². The highest BCUT2D eigenvalue weighted by Gasteiger charge is 2.30. The molecule has 2 N–H and O–H groups in total. The first-order valence-electron chi connectivity index (χ1n) is 6.19. The van der Waals surface area contributed by atoms with Crippen LogP contribution < -0.4 is 5.32 Å². The Morgan fingerprint density at radius 1 is 1.44 bits per heavy atom. The van der Waals surface area contributed by atoms with Crippen molar-refractivity contribution in [2.45, 2.75) is 31.9 Å². The number of urea groups is 1. The molecule has 1 heterocycles. The molecule has 0 bridgehead atoms. The Labute approximate surface area is 112 Å². The van der Waals surface area contributed by atoms with Gasteiger partial charge in [0.15, 0.2) is 0 Å². The Morgan fingerprint density at radius 3 is 2.61 bits per heavy atom. The predicted molar refractivity (Wildman–Crippen MR) is 72.9 cm³/mol. The lowest BCUT2D eigenvalue weighted by molar-refractivity contribution is -0.141. The third kappa shape index (κ3) is 5.16. The van der Waals surface area contributed by atoms with E-state index in [1.165, 1.54) is 0 Å². The molecule has 0 aromatic rings. The second-order valence-corrected chi connectivity index (χ2v) is 7.38. The van der Waals surface area contributed by atoms with E-state index in [9.17, 15) is 9.59 Å². The molecule has 5 nitrogen and oxygen atoms in total. The fourth-order valence-electron chi connectivity index (χ4n) is 1.77. The van der Waals surface area contributed by atoms with Crippen molar-refractivity contribution in [3.8, 4) is 0 Å². The van der Waals surface area contributed by atoms with Crippen molar-refractivity contribution in [2.75, 3.05) is 25.4 Å². The molecule has 1 aliphatic heterocycles. The third-order valence-corrected chi connectivity index (χ3v) is 4.01. The van der Waals surface area contributed by atoms with Crippen LogP contribution in [0, 0.1) is 5.92 Å². The van der Waals surface area contributed by atoms with Crippen molar-refractivity contribution in [1.29, 1.82) is 0 Å². The molecule has 1 unspecified atom stereocenters. The van der Waals surface area contributed by atoms with Gasteiger partial charge in [-0.2, -0.15) is 11.8 Å². The molecule has 1 rings (SSSR count). The van der Waals surface area contributed by atoms with Gasteiger partial charge >= 0.3 is 12.0 Å². The number of amides is 2. The Hall–Kier alpha value is -0.910. The van der Waals surface area contributed by atoms with E-state index in [0.717, 1.165) is 5.75 Å². The fraction of sp³-hybridized carbons (Fsp3) is 0.833. The molecular weight excluding hydrogens is 252 g/mol. The zero-order valence-electron chi connectivity index (χ0n) is 11.2. The summed E-state index contributed by atoms with van der Waals surface area (Å²) in [5, 5.41) is 11.7. The van der Waals surface area contributed by atoms with Gasteiger partial charge in [-0.1, -0.05) is 20.8 Å². The standard InChI is InChI=1S/C12H22N2O3S/c1-12(2,3)18-7-5-13-11(17)14-6-4-9(8-14)10(15)16/h9H,4-8H2,1-3H3,(H,13,17)(H,15,16). The van der Waals surface area contributed by atoms with Gasteiger partial charge in [0.05, 0.1) is 5.92 Å². The van der Waals surface area contributed by atoms with Crippen LogP contribution in [0.4, 0.5) is 4.79 Å². The molecule has 0 aliphatic carbocycles. The lowest BCUT2D eigenvalue weighted by Gasteiger charge is -2.19. The smallest absolute Gasteiger partial charge is 0.317 e. The molecule has 1 saturated heterocycles. The number of hydrogen-bond acceptors (Lipinski definition) is 3. The number of carboxylic acids is 1. The Morgan fingerprint density at radius 2 is 2.11 bits per heavy atom. The largest absolute Gasteiger partial charge is 0.481 e. The first-order chi connectivity index (χ1) is 8.29. The number of rotatable bonds is 4. The van der Waals surface area contributed by atoms with Gasteiger partial charge in [-0.25, -0.2) is 4.79 Å². The van der Waals surface area contributed by atoms with Gasteiger partial charge in [0.1, 0.15) is 0 Å². The van der Waals surface area contributed by atoms with Crippen molar-refractivity contribution in [3.63, 3.8) is 0 Å². The van der Waals surface area contributed by atoms with E-state index in [1.54, 1.807) is 16.7 Å². The molecule has 0 aromatic carbocycles. The van der Waals surface area contributed by atoms with E-state index in [2.05, 4.69) is 26.1 Å². The topological polar surface area (TPSA) is 69.6 Å². The van der Waals surface area contributed by atoms with E-state index in [1.807, 2.05) is 0 Å². The summed E-state index contributed by atoms with van der Waals surface area (Å²) in [4.78, 5) is 24.1. The first kappa shape index (κ1) is 15.1. The second-order valence-electron chi connectivity index (χ2n) is 5.46. The lowest BCUT2D eigenvalue weighted by atomic mass is 10.1. The van der Waals surface area contributed by atoms with Crippen molar-refractivity contribution in [2.24, 2.45) is 5.92 Å². The molecule has 2 amide bonds. The summed E-state index contributed by atoms with van der Waals surface area (Å²) in [6.07, 6.45) is 0.555. The lowest BCUT2D eigenvalue weighted by Crippen LogP contribution is -2.40. The van der Waals surface area contributed by atoms with Crippen LogP contribution in [0.15, 0.2) is 0 Å². The predicted octanol–water partition coefficient (Wildman–Crippen LogP) is 1.63. The molecule has 0 saturated carbocycles. The van der Waals surface area contributed by atoms with Gasteiger partial charge in [-0.15, -0.1) is 0 Å². The van der Waals surface area contributed by atoms with Crippen LogP contribution in [0.25, 0.3) is 0 Å². The molecule has 18 heavy (non-hydrogen) atoms. The van der Waals surface area contributed by atoms with Crippen molar-refractivity contribution >= 4 is 23.8 Å². The summed E-state index contributed by atoms with van der Waals surface area (Å²) in [6.45, 7) is 7.89. The number of hydrogen-bond donors (Lipinski definition) is 2. The van der Waals surface area contributed by atoms with Gasteiger partial charge in [0.25, 0.3) is 0 Å². The third-order valence-electron chi connectivity index (χ3n) is 2.74. The second kappa shape index (κ2) is 6.31. The van der Waals surface area contributed by atoms with Crippen molar-refractivity contribution in [3.05, 3.63) is 0 Å². The average molecular weight is 274 g/mol. The van der Waals surface area contributed by atoms with Crippen LogP contribution >= 0.6 is 11.8 Å². The Kier molecular flexibility index (Phi) is 5.31. The van der Waals surface area contributed by atoms with Crippen LogP contribution in [0.1, 0.15) is 27.2 Å². The van der Waals surface area contributed by atoms with Gasteiger partial charge < -0.3 is 15.3 Å². The van der Waals surface area contributed by atoms with Gasteiger partial charge in [-0.3, -0.25) is 4.79 Å². The highest BCUT2D eigenvalue weighted by atomic mass is 32.2. The van der Waals surface area contributed by atoms with E-state index in [0.29, 0.717) is 26.1 Å². The van der Waals surface area contributed by atoms with E-state index in [4.69, 9.17) is 5.11 Å². The number of carbonyl (C=O) groups excluding carboxylic acids is 1. The van der Waals surface area contributed by atoms with Crippen LogP contribution in [-0.4, -0.2) is 52.1 Å². The molecular formula is C12H22N2O3S. The number of nitrogens with one attached hydrogen (secondary N) is 1. The molecule has 0 radical (unpaired) electrons. The van der Waals surface area contributed by atoms with Gasteiger partial charge in [0, 0.05) is 30.1 Å². The minimum Gasteiger partial charge on any atom is -0.481 e. The highest BCUT2D eigenvalue weighted by molar-refractivity contribution is 8.00. The van der Waals surface area contributed by atoms with Crippen LogP contribution in [-0.2, 0) is 4.79 Å². The Bertz CT molecular complexity index is 315. The molecule has 6 heteroatoms. The quantitative estimate of drug-likeness (QED) is 0.765. The molecule has 0 aromatic heterocycles. The maximum Gasteiger partial charge on any atom is 0.317 e. The monoisotopic (exact) mass is 274 g/mol. The van der Waals surface area contributed by atoms with Crippen LogP contribution in [0.3, 0.4) is 0 Å². The highest BCUT2D eigenvalue weighted by Crippen LogP contribution is 2.22. The molecule has 104 valence electrons. The summed E-state index contributed by atoms with van der Waals surface area (Å²) in [5.74, 6) is -0.348. The zero-order valence-corrected chi connectivity index (χ0v) is 12.0. The maximum absolute atomic E-state index is 11.8. The minimum absolute atomic E-state index is 0.145. The summed E-state index contributed by atoms with van der Waals surface area (Å²) in [5.41, 5.74) is 0. The van der Waals surface area contributed by atoms with Crippen LogP contribution in [0.2, 0.25) is 0 Å². The molecule has 0 spiro atoms.